The molecule has 2 aromatic carbocycles. The van der Waals surface area contributed by atoms with Gasteiger partial charge in [-0.25, -0.2) is 4.79 Å². The van der Waals surface area contributed by atoms with Gasteiger partial charge in [-0.2, -0.15) is 0 Å². The average molecular weight is 385 g/mol. The molecule has 0 aromatic heterocycles. The van der Waals surface area contributed by atoms with Crippen LogP contribution in [0, 0.1) is 0 Å². The van der Waals surface area contributed by atoms with Crippen LogP contribution in [0.2, 0.25) is 0 Å². The van der Waals surface area contributed by atoms with Gasteiger partial charge in [-0.05, 0) is 45.8 Å². The summed E-state index contributed by atoms with van der Waals surface area (Å²) in [4.78, 5) is 11.1. The number of rotatable bonds is 4. The van der Waals surface area contributed by atoms with E-state index in [4.69, 9.17) is 5.11 Å². The highest BCUT2D eigenvalue weighted by atomic mass is 79.9. The number of carbonyl (C=O) groups is 1. The molecule has 0 saturated carbocycles. The summed E-state index contributed by atoms with van der Waals surface area (Å²) in [5.41, 5.74) is 2.00. The van der Waals surface area contributed by atoms with E-state index in [0.29, 0.717) is 12.1 Å². The van der Waals surface area contributed by atoms with E-state index in [0.717, 1.165) is 20.2 Å². The van der Waals surface area contributed by atoms with E-state index >= 15 is 0 Å². The van der Waals surface area contributed by atoms with E-state index in [1.54, 1.807) is 12.1 Å². The Morgan fingerprint density at radius 3 is 2.58 bits per heavy atom. The SMILES string of the molecule is O=C(O)c1ccccc1CNc1ccc(Br)cc1Br. The minimum atomic E-state index is -0.910. The summed E-state index contributed by atoms with van der Waals surface area (Å²) in [6, 6.07) is 12.8. The lowest BCUT2D eigenvalue weighted by molar-refractivity contribution is 0.0696. The van der Waals surface area contributed by atoms with Gasteiger partial charge in [0.2, 0.25) is 0 Å². The summed E-state index contributed by atoms with van der Waals surface area (Å²) in [7, 11) is 0. The third-order valence-corrected chi connectivity index (χ3v) is 3.80. The molecule has 0 bridgehead atoms. The van der Waals surface area contributed by atoms with Crippen LogP contribution in [-0.2, 0) is 6.54 Å². The molecule has 0 amide bonds. The predicted octanol–water partition coefficient (Wildman–Crippen LogP) is 4.52. The first-order chi connectivity index (χ1) is 9.08. The highest BCUT2D eigenvalue weighted by molar-refractivity contribution is 9.11. The largest absolute Gasteiger partial charge is 0.478 e. The topological polar surface area (TPSA) is 49.3 Å². The minimum absolute atomic E-state index is 0.322. The van der Waals surface area contributed by atoms with Gasteiger partial charge >= 0.3 is 5.97 Å². The van der Waals surface area contributed by atoms with Gasteiger partial charge in [-0.15, -0.1) is 0 Å². The minimum Gasteiger partial charge on any atom is -0.478 e. The summed E-state index contributed by atoms with van der Waals surface area (Å²) < 4.78 is 1.91. The smallest absolute Gasteiger partial charge is 0.336 e. The third-order valence-electron chi connectivity index (χ3n) is 2.65. The lowest BCUT2D eigenvalue weighted by Gasteiger charge is -2.10. The van der Waals surface area contributed by atoms with Crippen molar-refractivity contribution >= 4 is 43.5 Å². The monoisotopic (exact) mass is 383 g/mol. The van der Waals surface area contributed by atoms with Crippen LogP contribution in [0.3, 0.4) is 0 Å². The zero-order valence-electron chi connectivity index (χ0n) is 9.86. The number of benzene rings is 2. The van der Waals surface area contributed by atoms with Crippen molar-refractivity contribution in [3.05, 3.63) is 62.5 Å². The molecule has 0 atom stereocenters. The van der Waals surface area contributed by atoms with E-state index in [-0.39, 0.29) is 0 Å². The number of anilines is 1. The molecule has 0 aliphatic rings. The van der Waals surface area contributed by atoms with Crippen LogP contribution in [0.25, 0.3) is 0 Å². The summed E-state index contributed by atoms with van der Waals surface area (Å²) in [5.74, 6) is -0.910. The molecule has 3 nitrogen and oxygen atoms in total. The fourth-order valence-electron chi connectivity index (χ4n) is 1.71. The summed E-state index contributed by atoms with van der Waals surface area (Å²) in [6.45, 7) is 0.461. The van der Waals surface area contributed by atoms with Crippen LogP contribution < -0.4 is 5.32 Å². The third kappa shape index (κ3) is 3.58. The number of halogens is 2. The zero-order chi connectivity index (χ0) is 13.8. The van der Waals surface area contributed by atoms with Gasteiger partial charge in [0.25, 0.3) is 0 Å². The van der Waals surface area contributed by atoms with Crippen molar-refractivity contribution in [2.24, 2.45) is 0 Å². The van der Waals surface area contributed by atoms with Gasteiger partial charge < -0.3 is 10.4 Å². The molecule has 0 fully saturated rings. The Morgan fingerprint density at radius 2 is 1.89 bits per heavy atom. The molecule has 2 aromatic rings. The van der Waals surface area contributed by atoms with Crippen molar-refractivity contribution in [3.8, 4) is 0 Å². The maximum Gasteiger partial charge on any atom is 0.336 e. The molecule has 0 radical (unpaired) electrons. The standard InChI is InChI=1S/C14H11Br2NO2/c15-10-5-6-13(12(16)7-10)17-8-9-3-1-2-4-11(9)14(18)19/h1-7,17H,8H2,(H,18,19). The molecule has 98 valence electrons. The van der Waals surface area contributed by atoms with E-state index in [9.17, 15) is 4.79 Å². The van der Waals surface area contributed by atoms with Crippen LogP contribution in [0.1, 0.15) is 15.9 Å². The molecule has 2 rings (SSSR count). The second-order valence-corrected chi connectivity index (χ2v) is 5.71. The van der Waals surface area contributed by atoms with Gasteiger partial charge in [0.05, 0.1) is 5.56 Å². The predicted molar refractivity (Wildman–Crippen MR) is 82.6 cm³/mol. The Hall–Kier alpha value is -1.33. The molecule has 0 aliphatic carbocycles. The molecular formula is C14H11Br2NO2. The van der Waals surface area contributed by atoms with Gasteiger partial charge in [-0.3, -0.25) is 0 Å². The van der Waals surface area contributed by atoms with Gasteiger partial charge in [-0.1, -0.05) is 34.1 Å². The molecule has 0 aliphatic heterocycles. The van der Waals surface area contributed by atoms with Crippen LogP contribution in [-0.4, -0.2) is 11.1 Å². The molecule has 19 heavy (non-hydrogen) atoms. The number of hydrogen-bond donors (Lipinski definition) is 2. The number of nitrogens with one attached hydrogen (secondary N) is 1. The maximum absolute atomic E-state index is 11.1. The van der Waals surface area contributed by atoms with Crippen molar-refractivity contribution in [3.63, 3.8) is 0 Å². The molecular weight excluding hydrogens is 374 g/mol. The Balaban J connectivity index is 2.17. The lowest BCUT2D eigenvalue weighted by Crippen LogP contribution is -2.07. The molecule has 5 heteroatoms. The summed E-state index contributed by atoms with van der Waals surface area (Å²) >= 11 is 6.85. The van der Waals surface area contributed by atoms with Crippen LogP contribution in [0.5, 0.6) is 0 Å². The van der Waals surface area contributed by atoms with Crippen molar-refractivity contribution in [2.45, 2.75) is 6.54 Å². The van der Waals surface area contributed by atoms with Gasteiger partial charge in [0.1, 0.15) is 0 Å². The fourth-order valence-corrected chi connectivity index (χ4v) is 2.89. The fraction of sp³-hybridized carbons (Fsp3) is 0.0714. The quantitative estimate of drug-likeness (QED) is 0.814. The number of carboxylic acids is 1. The zero-order valence-corrected chi connectivity index (χ0v) is 13.0. The van der Waals surface area contributed by atoms with Crippen LogP contribution >= 0.6 is 31.9 Å². The van der Waals surface area contributed by atoms with Crippen molar-refractivity contribution < 1.29 is 9.90 Å². The van der Waals surface area contributed by atoms with Crippen LogP contribution in [0.15, 0.2) is 51.4 Å². The molecule has 0 unspecified atom stereocenters. The lowest BCUT2D eigenvalue weighted by atomic mass is 10.1. The van der Waals surface area contributed by atoms with E-state index < -0.39 is 5.97 Å². The highest BCUT2D eigenvalue weighted by Crippen LogP contribution is 2.26. The first-order valence-electron chi connectivity index (χ1n) is 5.58. The van der Waals surface area contributed by atoms with Crippen molar-refractivity contribution in [1.29, 1.82) is 0 Å². The number of hydrogen-bond acceptors (Lipinski definition) is 2. The summed E-state index contributed by atoms with van der Waals surface area (Å²) in [5, 5.41) is 12.3. The second kappa shape index (κ2) is 6.21. The van der Waals surface area contributed by atoms with E-state index in [2.05, 4.69) is 37.2 Å². The van der Waals surface area contributed by atoms with Gasteiger partial charge in [0.15, 0.2) is 0 Å². The first-order valence-corrected chi connectivity index (χ1v) is 7.16. The van der Waals surface area contributed by atoms with E-state index in [1.807, 2.05) is 30.3 Å². The molecule has 2 N–H and O–H groups in total. The van der Waals surface area contributed by atoms with Gasteiger partial charge in [0, 0.05) is 21.2 Å². The first kappa shape index (κ1) is 14.1. The Bertz CT molecular complexity index is 614. The number of carboxylic acid groups (broad SMARTS) is 1. The molecule has 0 heterocycles. The Kier molecular flexibility index (Phi) is 4.61. The molecule has 0 spiro atoms. The Labute approximate surface area is 127 Å². The maximum atomic E-state index is 11.1. The molecule has 0 saturated heterocycles. The average Bonchev–Trinajstić information content (AvgIpc) is 2.38. The summed E-state index contributed by atoms with van der Waals surface area (Å²) in [6.07, 6.45) is 0. The second-order valence-electron chi connectivity index (χ2n) is 3.94. The Morgan fingerprint density at radius 1 is 1.16 bits per heavy atom. The van der Waals surface area contributed by atoms with Crippen molar-refractivity contribution in [1.82, 2.24) is 0 Å². The number of aromatic carboxylic acids is 1. The normalized spacial score (nSPS) is 10.2. The van der Waals surface area contributed by atoms with E-state index in [1.165, 1.54) is 0 Å². The van der Waals surface area contributed by atoms with Crippen molar-refractivity contribution in [2.75, 3.05) is 5.32 Å². The highest BCUT2D eigenvalue weighted by Gasteiger charge is 2.09. The van der Waals surface area contributed by atoms with Crippen LogP contribution in [0.4, 0.5) is 5.69 Å².